The first kappa shape index (κ1) is 16.2. The zero-order chi connectivity index (χ0) is 16.7. The van der Waals surface area contributed by atoms with Gasteiger partial charge in [0.25, 0.3) is 0 Å². The highest BCUT2D eigenvalue weighted by atomic mass is 32.2. The van der Waals surface area contributed by atoms with E-state index in [2.05, 4.69) is 54.1 Å². The van der Waals surface area contributed by atoms with E-state index in [9.17, 15) is 0 Å². The van der Waals surface area contributed by atoms with Crippen LogP contribution in [0.4, 0.5) is 5.13 Å². The van der Waals surface area contributed by atoms with Crippen molar-refractivity contribution in [2.45, 2.75) is 36.3 Å². The fraction of sp³-hybridized carbons (Fsp3) is 0.421. The Labute approximate surface area is 152 Å². The summed E-state index contributed by atoms with van der Waals surface area (Å²) in [6.07, 6.45) is 4.49. The molecule has 2 N–H and O–H groups in total. The van der Waals surface area contributed by atoms with Gasteiger partial charge in [-0.15, -0.1) is 23.1 Å². The van der Waals surface area contributed by atoms with Crippen LogP contribution in [0.3, 0.4) is 0 Å². The molecule has 0 unspecified atom stereocenters. The normalized spacial score (nSPS) is 20.0. The topological polar surface area (TPSA) is 42.2 Å². The Bertz CT molecular complexity index is 766. The van der Waals surface area contributed by atoms with E-state index in [0.29, 0.717) is 0 Å². The molecular weight excluding hydrogens is 334 g/mol. The predicted octanol–water partition coefficient (Wildman–Crippen LogP) is 4.09. The Morgan fingerprint density at radius 1 is 1.21 bits per heavy atom. The second-order valence-corrected chi connectivity index (χ2v) is 9.80. The molecule has 126 valence electrons. The summed E-state index contributed by atoms with van der Waals surface area (Å²) in [5, 5.41) is 0.720. The quantitative estimate of drug-likeness (QED) is 0.879. The molecule has 1 aromatic heterocycles. The van der Waals surface area contributed by atoms with Crippen LogP contribution in [0.5, 0.6) is 0 Å². The lowest BCUT2D eigenvalue weighted by Gasteiger charge is -2.35. The fourth-order valence-corrected chi connectivity index (χ4v) is 5.52. The Morgan fingerprint density at radius 3 is 2.88 bits per heavy atom. The number of thioether (sulfide) groups is 1. The molecule has 0 atom stereocenters. The van der Waals surface area contributed by atoms with Crippen molar-refractivity contribution < 1.29 is 0 Å². The maximum atomic E-state index is 5.86. The van der Waals surface area contributed by atoms with Gasteiger partial charge in [-0.25, -0.2) is 4.98 Å². The van der Waals surface area contributed by atoms with Gasteiger partial charge in [-0.3, -0.25) is 4.90 Å². The van der Waals surface area contributed by atoms with E-state index < -0.39 is 0 Å². The van der Waals surface area contributed by atoms with E-state index >= 15 is 0 Å². The Balaban J connectivity index is 1.53. The fourth-order valence-electron chi connectivity index (χ4n) is 3.46. The lowest BCUT2D eigenvalue weighted by atomic mass is 9.97. The van der Waals surface area contributed by atoms with Crippen molar-refractivity contribution in [2.75, 3.05) is 25.4 Å². The van der Waals surface area contributed by atoms with Gasteiger partial charge in [-0.05, 0) is 37.5 Å². The zero-order valence-corrected chi connectivity index (χ0v) is 15.8. The van der Waals surface area contributed by atoms with E-state index in [1.807, 2.05) is 11.8 Å². The third kappa shape index (κ3) is 3.13. The molecule has 0 saturated carbocycles. The molecule has 24 heavy (non-hydrogen) atoms. The molecule has 0 bridgehead atoms. The molecule has 4 rings (SSSR count). The Kier molecular flexibility index (Phi) is 4.19. The Hall–Kier alpha value is -1.30. The summed E-state index contributed by atoms with van der Waals surface area (Å²) in [4.78, 5) is 9.85. The first-order chi connectivity index (χ1) is 11.5. The van der Waals surface area contributed by atoms with Gasteiger partial charge in [0.2, 0.25) is 0 Å². The van der Waals surface area contributed by atoms with Crippen molar-refractivity contribution in [1.29, 1.82) is 0 Å². The standard InChI is InChI=1S/C19H23N3S2/c1-19(2)14(11-13-5-3-4-6-16(13)24-19)12-22-9-7-15-17(8-10-22)23-18(20)21-15/h3-6,11H,7-10,12H2,1-2H3,(H2,20,21). The molecule has 3 heterocycles. The van der Waals surface area contributed by atoms with Crippen LogP contribution in [-0.2, 0) is 12.8 Å². The number of aromatic nitrogens is 1. The molecule has 0 fully saturated rings. The lowest BCUT2D eigenvalue weighted by molar-refractivity contribution is 0.306. The van der Waals surface area contributed by atoms with Crippen LogP contribution >= 0.6 is 23.1 Å². The van der Waals surface area contributed by atoms with E-state index in [1.54, 1.807) is 11.3 Å². The number of benzene rings is 1. The van der Waals surface area contributed by atoms with Gasteiger partial charge < -0.3 is 5.73 Å². The summed E-state index contributed by atoms with van der Waals surface area (Å²) in [5.41, 5.74) is 9.95. The van der Waals surface area contributed by atoms with Crippen molar-refractivity contribution in [2.24, 2.45) is 0 Å². The average molecular weight is 358 g/mol. The summed E-state index contributed by atoms with van der Waals surface area (Å²) in [7, 11) is 0. The third-order valence-corrected chi connectivity index (χ3v) is 7.25. The van der Waals surface area contributed by atoms with Crippen molar-refractivity contribution >= 4 is 34.3 Å². The molecule has 0 amide bonds. The number of anilines is 1. The minimum atomic E-state index is 0.147. The van der Waals surface area contributed by atoms with Crippen LogP contribution in [0.25, 0.3) is 6.08 Å². The Morgan fingerprint density at radius 2 is 2.00 bits per heavy atom. The van der Waals surface area contributed by atoms with E-state index in [1.165, 1.54) is 26.6 Å². The van der Waals surface area contributed by atoms with Gasteiger partial charge in [0.15, 0.2) is 5.13 Å². The molecule has 3 nitrogen and oxygen atoms in total. The van der Waals surface area contributed by atoms with Crippen LogP contribution in [0.2, 0.25) is 0 Å². The van der Waals surface area contributed by atoms with Crippen molar-refractivity contribution in [3.05, 3.63) is 46.0 Å². The van der Waals surface area contributed by atoms with Crippen molar-refractivity contribution in [3.63, 3.8) is 0 Å². The summed E-state index contributed by atoms with van der Waals surface area (Å²) in [6.45, 7) is 7.88. The zero-order valence-electron chi connectivity index (χ0n) is 14.2. The third-order valence-electron chi connectivity index (χ3n) is 4.90. The molecule has 1 aromatic carbocycles. The number of fused-ring (bicyclic) bond motifs is 2. The summed E-state index contributed by atoms with van der Waals surface area (Å²) in [6, 6.07) is 8.72. The minimum Gasteiger partial charge on any atom is -0.375 e. The number of thiazole rings is 1. The van der Waals surface area contributed by atoms with Gasteiger partial charge in [0.05, 0.1) is 5.69 Å². The van der Waals surface area contributed by atoms with Crippen LogP contribution in [0.1, 0.15) is 30.0 Å². The van der Waals surface area contributed by atoms with Crippen molar-refractivity contribution in [3.8, 4) is 0 Å². The molecule has 2 aliphatic rings. The molecule has 2 aliphatic heterocycles. The molecule has 0 aliphatic carbocycles. The van der Waals surface area contributed by atoms with Crippen LogP contribution in [0, 0.1) is 0 Å². The van der Waals surface area contributed by atoms with Gasteiger partial charge in [-0.2, -0.15) is 0 Å². The summed E-state index contributed by atoms with van der Waals surface area (Å²) < 4.78 is 0.147. The largest absolute Gasteiger partial charge is 0.375 e. The van der Waals surface area contributed by atoms with Crippen LogP contribution in [-0.4, -0.2) is 34.3 Å². The predicted molar refractivity (Wildman–Crippen MR) is 105 cm³/mol. The molecule has 0 radical (unpaired) electrons. The molecule has 2 aromatic rings. The number of nitrogens with two attached hydrogens (primary N) is 1. The minimum absolute atomic E-state index is 0.147. The van der Waals surface area contributed by atoms with E-state index in [0.717, 1.165) is 37.6 Å². The lowest BCUT2D eigenvalue weighted by Crippen LogP contribution is -2.34. The second kappa shape index (κ2) is 6.21. The van der Waals surface area contributed by atoms with Gasteiger partial charge in [0.1, 0.15) is 0 Å². The monoisotopic (exact) mass is 357 g/mol. The maximum Gasteiger partial charge on any atom is 0.180 e. The highest BCUT2D eigenvalue weighted by Gasteiger charge is 2.31. The number of rotatable bonds is 2. The van der Waals surface area contributed by atoms with E-state index in [-0.39, 0.29) is 4.75 Å². The number of hydrogen-bond acceptors (Lipinski definition) is 5. The number of nitrogen functional groups attached to an aromatic ring is 1. The highest BCUT2D eigenvalue weighted by molar-refractivity contribution is 8.01. The first-order valence-corrected chi connectivity index (χ1v) is 10.1. The molecule has 5 heteroatoms. The van der Waals surface area contributed by atoms with Gasteiger partial charge in [-0.1, -0.05) is 24.3 Å². The maximum absolute atomic E-state index is 5.86. The van der Waals surface area contributed by atoms with E-state index in [4.69, 9.17) is 5.73 Å². The van der Waals surface area contributed by atoms with Crippen LogP contribution in [0.15, 0.2) is 34.7 Å². The van der Waals surface area contributed by atoms with Gasteiger partial charge in [0, 0.05) is 40.6 Å². The molecule has 0 spiro atoms. The summed E-state index contributed by atoms with van der Waals surface area (Å²) >= 11 is 3.65. The second-order valence-electron chi connectivity index (χ2n) is 7.02. The first-order valence-electron chi connectivity index (χ1n) is 8.47. The van der Waals surface area contributed by atoms with Crippen LogP contribution < -0.4 is 5.73 Å². The van der Waals surface area contributed by atoms with Crippen molar-refractivity contribution in [1.82, 2.24) is 9.88 Å². The van der Waals surface area contributed by atoms with Gasteiger partial charge >= 0.3 is 0 Å². The summed E-state index contributed by atoms with van der Waals surface area (Å²) in [5.74, 6) is 0. The number of hydrogen-bond donors (Lipinski definition) is 1. The SMILES string of the molecule is CC1(C)Sc2ccccc2C=C1CN1CCc2nc(N)sc2CC1. The molecular formula is C19H23N3S2. The number of nitrogens with zero attached hydrogens (tertiary/aromatic N) is 2. The smallest absolute Gasteiger partial charge is 0.180 e. The molecule has 0 saturated heterocycles. The average Bonchev–Trinajstić information content (AvgIpc) is 2.80. The highest BCUT2D eigenvalue weighted by Crippen LogP contribution is 2.45.